The SMILES string of the molecule is CCNc1nc(-c2cncs2)nc(C(C)(C)C)c1Br. The lowest BCUT2D eigenvalue weighted by Gasteiger charge is -2.21. The molecule has 0 aromatic carbocycles. The molecule has 0 unspecified atom stereocenters. The van der Waals surface area contributed by atoms with Gasteiger partial charge in [0.05, 0.1) is 20.6 Å². The van der Waals surface area contributed by atoms with Crippen LogP contribution in [0.1, 0.15) is 33.4 Å². The second kappa shape index (κ2) is 5.54. The van der Waals surface area contributed by atoms with E-state index in [0.29, 0.717) is 0 Å². The molecule has 0 bridgehead atoms. The number of nitrogens with zero attached hydrogens (tertiary/aromatic N) is 3. The Hall–Kier alpha value is -1.01. The molecule has 2 aromatic heterocycles. The average Bonchev–Trinajstić information content (AvgIpc) is 2.84. The molecule has 102 valence electrons. The van der Waals surface area contributed by atoms with Crippen molar-refractivity contribution in [2.75, 3.05) is 11.9 Å². The summed E-state index contributed by atoms with van der Waals surface area (Å²) < 4.78 is 0.940. The lowest BCUT2D eigenvalue weighted by molar-refractivity contribution is 0.564. The maximum Gasteiger partial charge on any atom is 0.173 e. The largest absolute Gasteiger partial charge is 0.369 e. The normalized spacial score (nSPS) is 11.6. The molecule has 0 aliphatic heterocycles. The van der Waals surface area contributed by atoms with E-state index in [4.69, 9.17) is 4.98 Å². The molecule has 6 heteroatoms. The maximum atomic E-state index is 4.70. The van der Waals surface area contributed by atoms with Gasteiger partial charge in [-0.05, 0) is 22.9 Å². The summed E-state index contributed by atoms with van der Waals surface area (Å²) in [4.78, 5) is 14.4. The summed E-state index contributed by atoms with van der Waals surface area (Å²) in [6, 6.07) is 0. The molecule has 0 spiro atoms. The van der Waals surface area contributed by atoms with Crippen LogP contribution in [0.3, 0.4) is 0 Å². The predicted molar refractivity (Wildman–Crippen MR) is 83.7 cm³/mol. The highest BCUT2D eigenvalue weighted by atomic mass is 79.9. The fraction of sp³-hybridized carbons (Fsp3) is 0.462. The van der Waals surface area contributed by atoms with Gasteiger partial charge in [0, 0.05) is 18.2 Å². The van der Waals surface area contributed by atoms with E-state index in [9.17, 15) is 0 Å². The minimum atomic E-state index is -0.0502. The fourth-order valence-electron chi connectivity index (χ4n) is 1.67. The number of hydrogen-bond acceptors (Lipinski definition) is 5. The topological polar surface area (TPSA) is 50.7 Å². The van der Waals surface area contributed by atoms with Crippen molar-refractivity contribution >= 4 is 33.1 Å². The zero-order valence-corrected chi connectivity index (χ0v) is 13.9. The first-order chi connectivity index (χ1) is 8.93. The molecule has 0 saturated carbocycles. The first-order valence-electron chi connectivity index (χ1n) is 6.14. The van der Waals surface area contributed by atoms with Gasteiger partial charge < -0.3 is 5.32 Å². The number of hydrogen-bond donors (Lipinski definition) is 1. The Labute approximate surface area is 125 Å². The summed E-state index contributed by atoms with van der Waals surface area (Å²) in [6.45, 7) is 9.31. The second-order valence-electron chi connectivity index (χ2n) is 5.20. The van der Waals surface area contributed by atoms with E-state index in [2.05, 4.69) is 58.9 Å². The van der Waals surface area contributed by atoms with Crippen LogP contribution < -0.4 is 5.32 Å². The zero-order chi connectivity index (χ0) is 14.0. The second-order valence-corrected chi connectivity index (χ2v) is 6.88. The van der Waals surface area contributed by atoms with Gasteiger partial charge in [0.25, 0.3) is 0 Å². The number of anilines is 1. The summed E-state index contributed by atoms with van der Waals surface area (Å²) in [5, 5.41) is 3.28. The molecular formula is C13H17BrN4S. The molecule has 0 aliphatic rings. The Morgan fingerprint density at radius 3 is 2.58 bits per heavy atom. The fourth-order valence-corrected chi connectivity index (χ4v) is 3.13. The van der Waals surface area contributed by atoms with Gasteiger partial charge in [-0.3, -0.25) is 4.98 Å². The standard InChI is InChI=1S/C13H17BrN4S/c1-5-16-12-9(14)10(13(2,3)4)17-11(18-12)8-6-15-7-19-8/h6-7H,5H2,1-4H3,(H,16,17,18). The molecule has 4 nitrogen and oxygen atoms in total. The molecule has 0 radical (unpaired) electrons. The van der Waals surface area contributed by atoms with Crippen molar-refractivity contribution < 1.29 is 0 Å². The van der Waals surface area contributed by atoms with Crippen LogP contribution in [0.5, 0.6) is 0 Å². The number of thiazole rings is 1. The number of halogens is 1. The molecule has 0 aliphatic carbocycles. The van der Waals surface area contributed by atoms with E-state index in [-0.39, 0.29) is 5.41 Å². The Kier molecular flexibility index (Phi) is 4.20. The van der Waals surface area contributed by atoms with E-state index >= 15 is 0 Å². The van der Waals surface area contributed by atoms with Crippen molar-refractivity contribution in [1.82, 2.24) is 15.0 Å². The molecular weight excluding hydrogens is 324 g/mol. The minimum absolute atomic E-state index is 0.0502. The lowest BCUT2D eigenvalue weighted by atomic mass is 9.92. The van der Waals surface area contributed by atoms with Crippen LogP contribution in [-0.4, -0.2) is 21.5 Å². The molecule has 1 N–H and O–H groups in total. The van der Waals surface area contributed by atoms with E-state index in [1.165, 1.54) is 0 Å². The van der Waals surface area contributed by atoms with Crippen LogP contribution in [0.2, 0.25) is 0 Å². The highest BCUT2D eigenvalue weighted by Crippen LogP contribution is 2.34. The molecule has 0 saturated heterocycles. The summed E-state index contributed by atoms with van der Waals surface area (Å²) in [5.41, 5.74) is 2.75. The van der Waals surface area contributed by atoms with Crippen LogP contribution >= 0.6 is 27.3 Å². The third-order valence-corrected chi connectivity index (χ3v) is 4.08. The van der Waals surface area contributed by atoms with Gasteiger partial charge in [-0.25, -0.2) is 9.97 Å². The Balaban J connectivity index is 2.61. The van der Waals surface area contributed by atoms with Crippen LogP contribution in [0.15, 0.2) is 16.2 Å². The summed E-state index contributed by atoms with van der Waals surface area (Å²) in [5.74, 6) is 1.57. The Morgan fingerprint density at radius 2 is 2.05 bits per heavy atom. The highest BCUT2D eigenvalue weighted by Gasteiger charge is 2.23. The Bertz CT molecular complexity index is 561. The summed E-state index contributed by atoms with van der Waals surface area (Å²) in [6.07, 6.45) is 1.80. The number of rotatable bonds is 3. The number of nitrogens with one attached hydrogen (secondary N) is 1. The highest BCUT2D eigenvalue weighted by molar-refractivity contribution is 9.10. The Morgan fingerprint density at radius 1 is 1.32 bits per heavy atom. The summed E-state index contributed by atoms with van der Waals surface area (Å²) in [7, 11) is 0. The van der Waals surface area contributed by atoms with Crippen LogP contribution in [0.25, 0.3) is 10.7 Å². The van der Waals surface area contributed by atoms with Gasteiger partial charge in [-0.2, -0.15) is 0 Å². The predicted octanol–water partition coefficient (Wildman–Crippen LogP) is 4.09. The molecule has 19 heavy (non-hydrogen) atoms. The van der Waals surface area contributed by atoms with Crippen molar-refractivity contribution in [1.29, 1.82) is 0 Å². The van der Waals surface area contributed by atoms with E-state index in [1.54, 1.807) is 23.0 Å². The maximum absolute atomic E-state index is 4.70. The molecule has 2 heterocycles. The van der Waals surface area contributed by atoms with Crippen molar-refractivity contribution in [3.63, 3.8) is 0 Å². The first-order valence-corrected chi connectivity index (χ1v) is 7.81. The van der Waals surface area contributed by atoms with Crippen molar-refractivity contribution in [3.05, 3.63) is 21.9 Å². The van der Waals surface area contributed by atoms with Gasteiger partial charge in [-0.1, -0.05) is 20.8 Å². The van der Waals surface area contributed by atoms with Crippen LogP contribution in [0, 0.1) is 0 Å². The third kappa shape index (κ3) is 3.12. The molecule has 2 aromatic rings. The van der Waals surface area contributed by atoms with E-state index < -0.39 is 0 Å². The molecule has 2 rings (SSSR count). The number of aromatic nitrogens is 3. The quantitative estimate of drug-likeness (QED) is 0.913. The zero-order valence-electron chi connectivity index (χ0n) is 11.5. The van der Waals surface area contributed by atoms with Crippen molar-refractivity contribution in [2.24, 2.45) is 0 Å². The van der Waals surface area contributed by atoms with Crippen LogP contribution in [-0.2, 0) is 5.41 Å². The smallest absolute Gasteiger partial charge is 0.173 e. The average molecular weight is 341 g/mol. The monoisotopic (exact) mass is 340 g/mol. The summed E-state index contributed by atoms with van der Waals surface area (Å²) >= 11 is 5.16. The van der Waals surface area contributed by atoms with Crippen molar-refractivity contribution in [2.45, 2.75) is 33.1 Å². The van der Waals surface area contributed by atoms with Gasteiger partial charge in [0.1, 0.15) is 5.82 Å². The van der Waals surface area contributed by atoms with Gasteiger partial charge in [0.15, 0.2) is 5.82 Å². The van der Waals surface area contributed by atoms with Gasteiger partial charge in [-0.15, -0.1) is 11.3 Å². The molecule has 0 amide bonds. The first kappa shape index (κ1) is 14.4. The van der Waals surface area contributed by atoms with E-state index in [1.807, 2.05) is 0 Å². The van der Waals surface area contributed by atoms with Crippen LogP contribution in [0.4, 0.5) is 5.82 Å². The van der Waals surface area contributed by atoms with Gasteiger partial charge in [0.2, 0.25) is 0 Å². The van der Waals surface area contributed by atoms with Crippen molar-refractivity contribution in [3.8, 4) is 10.7 Å². The molecule has 0 fully saturated rings. The lowest BCUT2D eigenvalue weighted by Crippen LogP contribution is -2.17. The minimum Gasteiger partial charge on any atom is -0.369 e. The molecule has 0 atom stereocenters. The van der Waals surface area contributed by atoms with Gasteiger partial charge >= 0.3 is 0 Å². The third-order valence-electron chi connectivity index (χ3n) is 2.56. The van der Waals surface area contributed by atoms with E-state index in [0.717, 1.165) is 33.2 Å².